The maximum atomic E-state index is 11.1. The Labute approximate surface area is 84.1 Å². The molecule has 0 aromatic carbocycles. The molecule has 7 N–H and O–H groups in total. The number of ether oxygens (including phenoxy) is 1. The smallest absolute Gasteiger partial charge is 0.322 e. The van der Waals surface area contributed by atoms with Gasteiger partial charge in [-0.25, -0.2) is 0 Å². The first-order chi connectivity index (χ1) is 6.57. The molecule has 0 aliphatic heterocycles. The van der Waals surface area contributed by atoms with Crippen LogP contribution in [0.4, 0.5) is 0 Å². The number of nitrogens with one attached hydrogen (secondary N) is 1. The minimum atomic E-state index is -0.550. The van der Waals surface area contributed by atoms with Crippen LogP contribution in [0.15, 0.2) is 0 Å². The maximum Gasteiger partial charge on any atom is 0.322 e. The molecule has 0 saturated heterocycles. The van der Waals surface area contributed by atoms with Gasteiger partial charge in [-0.15, -0.1) is 0 Å². The van der Waals surface area contributed by atoms with Crippen LogP contribution in [0, 0.1) is 0 Å². The summed E-state index contributed by atoms with van der Waals surface area (Å²) in [5, 5.41) is 2.82. The number of esters is 1. The van der Waals surface area contributed by atoms with Crippen molar-refractivity contribution < 1.29 is 9.53 Å². The summed E-state index contributed by atoms with van der Waals surface area (Å²) < 4.78 is 4.75. The van der Waals surface area contributed by atoms with Crippen molar-refractivity contribution in [1.82, 2.24) is 5.32 Å². The van der Waals surface area contributed by atoms with Crippen molar-refractivity contribution in [2.24, 2.45) is 17.2 Å². The number of carbonyl (C=O) groups is 1. The van der Waals surface area contributed by atoms with E-state index in [0.717, 1.165) is 6.42 Å². The largest absolute Gasteiger partial charge is 0.465 e. The van der Waals surface area contributed by atoms with Crippen LogP contribution in [-0.2, 0) is 9.53 Å². The molecule has 0 aromatic rings. The van der Waals surface area contributed by atoms with Crippen molar-refractivity contribution in [3.63, 3.8) is 0 Å². The van der Waals surface area contributed by atoms with E-state index in [1.165, 1.54) is 0 Å². The molecule has 0 radical (unpaired) electrons. The van der Waals surface area contributed by atoms with E-state index in [1.807, 2.05) is 0 Å². The average Bonchev–Trinajstić information content (AvgIpc) is 2.12. The van der Waals surface area contributed by atoms with Crippen molar-refractivity contribution in [3.05, 3.63) is 0 Å². The summed E-state index contributed by atoms with van der Waals surface area (Å²) in [6.07, 6.45) is 0.789. The zero-order chi connectivity index (χ0) is 11.0. The second kappa shape index (κ2) is 7.69. The SMILES string of the molecule is CCOC(=O)C(N)CCCNC(N)N. The molecule has 14 heavy (non-hydrogen) atoms. The number of rotatable bonds is 7. The van der Waals surface area contributed by atoms with Crippen LogP contribution in [0.5, 0.6) is 0 Å². The molecule has 6 heteroatoms. The van der Waals surface area contributed by atoms with Crippen LogP contribution in [0.1, 0.15) is 19.8 Å². The Morgan fingerprint density at radius 1 is 1.43 bits per heavy atom. The fourth-order valence-electron chi connectivity index (χ4n) is 0.958. The van der Waals surface area contributed by atoms with Gasteiger partial charge in [-0.2, -0.15) is 0 Å². The van der Waals surface area contributed by atoms with Crippen LogP contribution < -0.4 is 22.5 Å². The predicted octanol–water partition coefficient (Wildman–Crippen LogP) is -1.55. The lowest BCUT2D eigenvalue weighted by Crippen LogP contribution is -2.45. The lowest BCUT2D eigenvalue weighted by Gasteiger charge is -2.11. The third-order valence-electron chi connectivity index (χ3n) is 1.66. The van der Waals surface area contributed by atoms with Gasteiger partial charge in [0.15, 0.2) is 0 Å². The first-order valence-corrected chi connectivity index (χ1v) is 4.74. The highest BCUT2D eigenvalue weighted by Gasteiger charge is 2.13. The zero-order valence-electron chi connectivity index (χ0n) is 8.53. The van der Waals surface area contributed by atoms with E-state index in [-0.39, 0.29) is 5.97 Å². The van der Waals surface area contributed by atoms with Crippen molar-refractivity contribution in [2.75, 3.05) is 13.2 Å². The Morgan fingerprint density at radius 2 is 2.07 bits per heavy atom. The Kier molecular flexibility index (Phi) is 7.31. The van der Waals surface area contributed by atoms with E-state index in [2.05, 4.69) is 5.32 Å². The number of hydrogen-bond acceptors (Lipinski definition) is 6. The maximum absolute atomic E-state index is 11.1. The van der Waals surface area contributed by atoms with Crippen LogP contribution >= 0.6 is 0 Å². The van der Waals surface area contributed by atoms with Gasteiger partial charge in [-0.05, 0) is 26.3 Å². The first kappa shape index (κ1) is 13.3. The van der Waals surface area contributed by atoms with Gasteiger partial charge in [-0.3, -0.25) is 10.1 Å². The van der Waals surface area contributed by atoms with Crippen molar-refractivity contribution in [3.8, 4) is 0 Å². The highest BCUT2D eigenvalue weighted by molar-refractivity contribution is 5.75. The summed E-state index contributed by atoms with van der Waals surface area (Å²) in [7, 11) is 0. The Bertz CT molecular complexity index is 163. The molecule has 1 atom stereocenters. The number of hydrogen-bond donors (Lipinski definition) is 4. The average molecular weight is 204 g/mol. The van der Waals surface area contributed by atoms with Crippen LogP contribution in [0.2, 0.25) is 0 Å². The molecule has 0 aliphatic rings. The van der Waals surface area contributed by atoms with E-state index >= 15 is 0 Å². The molecule has 1 unspecified atom stereocenters. The zero-order valence-corrected chi connectivity index (χ0v) is 8.53. The van der Waals surface area contributed by atoms with Gasteiger partial charge in [-0.1, -0.05) is 0 Å². The summed E-state index contributed by atoms with van der Waals surface area (Å²) >= 11 is 0. The van der Waals surface area contributed by atoms with Gasteiger partial charge >= 0.3 is 5.97 Å². The topological polar surface area (TPSA) is 116 Å². The molecule has 0 amide bonds. The normalized spacial score (nSPS) is 12.9. The molecular formula is C8H20N4O2. The fraction of sp³-hybridized carbons (Fsp3) is 0.875. The third-order valence-corrected chi connectivity index (χ3v) is 1.66. The second-order valence-corrected chi connectivity index (χ2v) is 2.98. The Balaban J connectivity index is 3.43. The van der Waals surface area contributed by atoms with E-state index < -0.39 is 12.3 Å². The molecule has 0 aromatic heterocycles. The monoisotopic (exact) mass is 204 g/mol. The second-order valence-electron chi connectivity index (χ2n) is 2.98. The van der Waals surface area contributed by atoms with E-state index in [1.54, 1.807) is 6.92 Å². The summed E-state index contributed by atoms with van der Waals surface area (Å²) in [4.78, 5) is 11.1. The standard InChI is InChI=1S/C8H20N4O2/c1-2-14-7(13)6(9)4-3-5-12-8(10)11/h6,8,12H,2-5,9-11H2,1H3. The van der Waals surface area contributed by atoms with Gasteiger partial charge in [0.25, 0.3) is 0 Å². The molecule has 0 heterocycles. The van der Waals surface area contributed by atoms with Crippen LogP contribution in [-0.4, -0.2) is 31.5 Å². The molecule has 0 aliphatic carbocycles. The van der Waals surface area contributed by atoms with E-state index in [9.17, 15) is 4.79 Å². The van der Waals surface area contributed by atoms with Gasteiger partial charge in [0, 0.05) is 0 Å². The summed E-state index contributed by atoms with van der Waals surface area (Å²) in [5.74, 6) is -0.357. The number of carbonyl (C=O) groups excluding carboxylic acids is 1. The summed E-state index contributed by atoms with van der Waals surface area (Å²) in [6, 6.07) is -0.550. The van der Waals surface area contributed by atoms with Crippen molar-refractivity contribution in [1.29, 1.82) is 0 Å². The molecule has 0 fully saturated rings. The highest BCUT2D eigenvalue weighted by Crippen LogP contribution is 1.96. The number of nitrogens with two attached hydrogens (primary N) is 3. The fourth-order valence-corrected chi connectivity index (χ4v) is 0.958. The van der Waals surface area contributed by atoms with Crippen LogP contribution in [0.3, 0.4) is 0 Å². The van der Waals surface area contributed by atoms with Crippen molar-refractivity contribution >= 4 is 5.97 Å². The third kappa shape index (κ3) is 6.79. The van der Waals surface area contributed by atoms with Crippen molar-refractivity contribution in [2.45, 2.75) is 32.1 Å². The lowest BCUT2D eigenvalue weighted by molar-refractivity contribution is -0.144. The molecule has 0 bridgehead atoms. The quantitative estimate of drug-likeness (QED) is 0.226. The summed E-state index contributed by atoms with van der Waals surface area (Å²) in [5.41, 5.74) is 16.1. The Hall–Kier alpha value is -0.690. The van der Waals surface area contributed by atoms with Gasteiger partial charge in [0.05, 0.1) is 6.61 Å². The van der Waals surface area contributed by atoms with Gasteiger partial charge in [0.2, 0.25) is 0 Å². The van der Waals surface area contributed by atoms with Crippen LogP contribution in [0.25, 0.3) is 0 Å². The molecule has 84 valence electrons. The van der Waals surface area contributed by atoms with E-state index in [0.29, 0.717) is 19.6 Å². The predicted molar refractivity (Wildman–Crippen MR) is 54.0 cm³/mol. The lowest BCUT2D eigenvalue weighted by atomic mass is 10.2. The molecule has 0 rings (SSSR count). The molecular weight excluding hydrogens is 184 g/mol. The Morgan fingerprint density at radius 3 is 2.57 bits per heavy atom. The minimum absolute atomic E-state index is 0.357. The molecule has 0 spiro atoms. The highest BCUT2D eigenvalue weighted by atomic mass is 16.5. The van der Waals surface area contributed by atoms with Gasteiger partial charge < -0.3 is 21.9 Å². The van der Waals surface area contributed by atoms with Gasteiger partial charge in [0.1, 0.15) is 12.3 Å². The summed E-state index contributed by atoms with van der Waals surface area (Å²) in [6.45, 7) is 2.75. The first-order valence-electron chi connectivity index (χ1n) is 4.74. The molecule has 6 nitrogen and oxygen atoms in total. The van der Waals surface area contributed by atoms with E-state index in [4.69, 9.17) is 21.9 Å². The minimum Gasteiger partial charge on any atom is -0.465 e. The molecule has 0 saturated carbocycles.